The van der Waals surface area contributed by atoms with Gasteiger partial charge in [-0.15, -0.1) is 0 Å². The molecule has 0 radical (unpaired) electrons. The van der Waals surface area contributed by atoms with Crippen molar-refractivity contribution in [3.05, 3.63) is 29.8 Å². The van der Waals surface area contributed by atoms with Crippen LogP contribution < -0.4 is 0 Å². The third-order valence-corrected chi connectivity index (χ3v) is 5.85. The second kappa shape index (κ2) is 5.84. The van der Waals surface area contributed by atoms with E-state index in [0.29, 0.717) is 24.0 Å². The molecule has 2 rings (SSSR count). The summed E-state index contributed by atoms with van der Waals surface area (Å²) < 4.78 is 32.5. The molecule has 4 nitrogen and oxygen atoms in total. The molecule has 112 valence electrons. The maximum atomic E-state index is 12.8. The zero-order valence-electron chi connectivity index (χ0n) is 12.5. The van der Waals surface area contributed by atoms with Gasteiger partial charge in [-0.3, -0.25) is 0 Å². The second-order valence-corrected chi connectivity index (χ2v) is 7.64. The zero-order valence-corrected chi connectivity index (χ0v) is 13.4. The molecular formula is C15H23NO3S. The van der Waals surface area contributed by atoms with Gasteiger partial charge in [0.25, 0.3) is 0 Å². The summed E-state index contributed by atoms with van der Waals surface area (Å²) in [6, 6.07) is 6.95. The predicted molar refractivity (Wildman–Crippen MR) is 79.3 cm³/mol. The van der Waals surface area contributed by atoms with E-state index in [1.807, 2.05) is 26.0 Å². The Morgan fingerprint density at radius 3 is 2.05 bits per heavy atom. The molecule has 1 aliphatic heterocycles. The molecule has 1 aliphatic rings. The van der Waals surface area contributed by atoms with E-state index in [0.717, 1.165) is 5.56 Å². The first-order valence-corrected chi connectivity index (χ1v) is 8.49. The van der Waals surface area contributed by atoms with Gasteiger partial charge in [0.15, 0.2) is 0 Å². The second-order valence-electron chi connectivity index (χ2n) is 5.79. The number of sulfonamides is 1. The molecule has 0 bridgehead atoms. The average Bonchev–Trinajstić information content (AvgIpc) is 2.38. The maximum Gasteiger partial charge on any atom is 0.243 e. The SMILES string of the molecule is CC(C)c1ccc(S(=O)(=O)N2[C@H](C)COC[C@H]2C)cc1. The number of morpholine rings is 1. The predicted octanol–water partition coefficient (Wildman–Crippen LogP) is 2.61. The molecule has 1 aromatic rings. The van der Waals surface area contributed by atoms with E-state index in [9.17, 15) is 8.42 Å². The van der Waals surface area contributed by atoms with Gasteiger partial charge < -0.3 is 4.74 Å². The van der Waals surface area contributed by atoms with Crippen molar-refractivity contribution in [2.24, 2.45) is 0 Å². The van der Waals surface area contributed by atoms with Crippen molar-refractivity contribution >= 4 is 10.0 Å². The number of ether oxygens (including phenoxy) is 1. The summed E-state index contributed by atoms with van der Waals surface area (Å²) in [6.45, 7) is 8.86. The van der Waals surface area contributed by atoms with Gasteiger partial charge in [-0.2, -0.15) is 4.31 Å². The molecule has 0 unspecified atom stereocenters. The average molecular weight is 297 g/mol. The Morgan fingerprint density at radius 2 is 1.60 bits per heavy atom. The van der Waals surface area contributed by atoms with Crippen LogP contribution in [0.2, 0.25) is 0 Å². The summed E-state index contributed by atoms with van der Waals surface area (Å²) in [5.41, 5.74) is 1.15. The highest BCUT2D eigenvalue weighted by Gasteiger charge is 2.36. The van der Waals surface area contributed by atoms with Gasteiger partial charge in [-0.05, 0) is 37.5 Å². The molecule has 5 heteroatoms. The van der Waals surface area contributed by atoms with Gasteiger partial charge in [0.05, 0.1) is 18.1 Å². The first kappa shape index (κ1) is 15.5. The molecule has 20 heavy (non-hydrogen) atoms. The van der Waals surface area contributed by atoms with Crippen LogP contribution >= 0.6 is 0 Å². The van der Waals surface area contributed by atoms with E-state index >= 15 is 0 Å². The molecule has 1 aromatic carbocycles. The fourth-order valence-corrected chi connectivity index (χ4v) is 4.40. The zero-order chi connectivity index (χ0) is 14.9. The van der Waals surface area contributed by atoms with E-state index in [2.05, 4.69) is 13.8 Å². The lowest BCUT2D eigenvalue weighted by Crippen LogP contribution is -2.52. The third kappa shape index (κ3) is 2.90. The van der Waals surface area contributed by atoms with Crippen molar-refractivity contribution in [3.63, 3.8) is 0 Å². The first-order chi connectivity index (χ1) is 9.34. The fourth-order valence-electron chi connectivity index (χ4n) is 2.61. The molecular weight excluding hydrogens is 274 g/mol. The summed E-state index contributed by atoms with van der Waals surface area (Å²) in [4.78, 5) is 0.363. The molecule has 0 aromatic heterocycles. The molecule has 1 fully saturated rings. The van der Waals surface area contributed by atoms with Crippen LogP contribution in [0.5, 0.6) is 0 Å². The van der Waals surface area contributed by atoms with Gasteiger partial charge in [-0.1, -0.05) is 26.0 Å². The minimum atomic E-state index is -3.45. The van der Waals surface area contributed by atoms with Gasteiger partial charge in [0, 0.05) is 12.1 Å². The standard InChI is InChI=1S/C15H23NO3S/c1-11(2)14-5-7-15(8-6-14)20(17,18)16-12(3)9-19-10-13(16)4/h5-8,11-13H,9-10H2,1-4H3/t12-,13-/m1/s1. The number of benzene rings is 1. The molecule has 0 N–H and O–H groups in total. The topological polar surface area (TPSA) is 46.6 Å². The molecule has 2 atom stereocenters. The van der Waals surface area contributed by atoms with Crippen LogP contribution in [0.4, 0.5) is 0 Å². The Kier molecular flexibility index (Phi) is 4.52. The first-order valence-electron chi connectivity index (χ1n) is 7.05. The number of rotatable bonds is 3. The van der Waals surface area contributed by atoms with Gasteiger partial charge >= 0.3 is 0 Å². The lowest BCUT2D eigenvalue weighted by atomic mass is 10.0. The van der Waals surface area contributed by atoms with Crippen molar-refractivity contribution in [2.75, 3.05) is 13.2 Å². The molecule has 0 aliphatic carbocycles. The van der Waals surface area contributed by atoms with E-state index in [1.54, 1.807) is 16.4 Å². The van der Waals surface area contributed by atoms with Crippen LogP contribution in [0.15, 0.2) is 29.2 Å². The highest BCUT2D eigenvalue weighted by Crippen LogP contribution is 2.25. The van der Waals surface area contributed by atoms with Crippen LogP contribution in [-0.2, 0) is 14.8 Å². The van der Waals surface area contributed by atoms with Gasteiger partial charge in [-0.25, -0.2) is 8.42 Å². The van der Waals surface area contributed by atoms with Crippen molar-refractivity contribution in [2.45, 2.75) is 50.6 Å². The highest BCUT2D eigenvalue weighted by atomic mass is 32.2. The van der Waals surface area contributed by atoms with Crippen LogP contribution in [0.3, 0.4) is 0 Å². The quantitative estimate of drug-likeness (QED) is 0.861. The lowest BCUT2D eigenvalue weighted by molar-refractivity contribution is 0.00636. The van der Waals surface area contributed by atoms with Crippen molar-refractivity contribution in [1.29, 1.82) is 0 Å². The van der Waals surface area contributed by atoms with Crippen LogP contribution in [0, 0.1) is 0 Å². The summed E-state index contributed by atoms with van der Waals surface area (Å²) >= 11 is 0. The van der Waals surface area contributed by atoms with Crippen LogP contribution in [-0.4, -0.2) is 38.0 Å². The van der Waals surface area contributed by atoms with Gasteiger partial charge in [0.2, 0.25) is 10.0 Å². The molecule has 0 spiro atoms. The van der Waals surface area contributed by atoms with E-state index in [-0.39, 0.29) is 12.1 Å². The summed E-state index contributed by atoms with van der Waals surface area (Å²) in [6.07, 6.45) is 0. The molecule has 0 saturated carbocycles. The van der Waals surface area contributed by atoms with Crippen LogP contribution in [0.1, 0.15) is 39.2 Å². The Morgan fingerprint density at radius 1 is 1.10 bits per heavy atom. The molecule has 0 amide bonds. The monoisotopic (exact) mass is 297 g/mol. The Bertz CT molecular complexity index is 541. The number of nitrogens with zero attached hydrogens (tertiary/aromatic N) is 1. The maximum absolute atomic E-state index is 12.8. The molecule has 1 heterocycles. The van der Waals surface area contributed by atoms with E-state index < -0.39 is 10.0 Å². The summed E-state index contributed by atoms with van der Waals surface area (Å²) in [5, 5.41) is 0. The van der Waals surface area contributed by atoms with E-state index in [4.69, 9.17) is 4.74 Å². The lowest BCUT2D eigenvalue weighted by Gasteiger charge is -2.37. The van der Waals surface area contributed by atoms with Crippen LogP contribution in [0.25, 0.3) is 0 Å². The minimum absolute atomic E-state index is 0.131. The Hall–Kier alpha value is -0.910. The number of hydrogen-bond acceptors (Lipinski definition) is 3. The molecule has 1 saturated heterocycles. The number of hydrogen-bond donors (Lipinski definition) is 0. The largest absolute Gasteiger partial charge is 0.378 e. The van der Waals surface area contributed by atoms with Crippen molar-refractivity contribution < 1.29 is 13.2 Å². The normalized spacial score (nSPS) is 25.1. The van der Waals surface area contributed by atoms with Crippen molar-refractivity contribution in [3.8, 4) is 0 Å². The smallest absolute Gasteiger partial charge is 0.243 e. The summed E-state index contributed by atoms with van der Waals surface area (Å²) in [7, 11) is -3.45. The Labute approximate surface area is 121 Å². The highest BCUT2D eigenvalue weighted by molar-refractivity contribution is 7.89. The third-order valence-electron chi connectivity index (χ3n) is 3.71. The summed E-state index contributed by atoms with van der Waals surface area (Å²) in [5.74, 6) is 0.396. The van der Waals surface area contributed by atoms with Crippen molar-refractivity contribution in [1.82, 2.24) is 4.31 Å². The Balaban J connectivity index is 2.34. The minimum Gasteiger partial charge on any atom is -0.378 e. The van der Waals surface area contributed by atoms with E-state index in [1.165, 1.54) is 0 Å². The van der Waals surface area contributed by atoms with Gasteiger partial charge in [0.1, 0.15) is 0 Å². The fraction of sp³-hybridized carbons (Fsp3) is 0.600.